The molecule has 3 heterocycles. The van der Waals surface area contributed by atoms with Crippen LogP contribution in [-0.2, 0) is 11.3 Å². The van der Waals surface area contributed by atoms with Gasteiger partial charge in [0.15, 0.2) is 11.5 Å². The minimum atomic E-state index is -0.279. The lowest BCUT2D eigenvalue weighted by atomic mass is 10.2. The van der Waals surface area contributed by atoms with E-state index in [9.17, 15) is 9.59 Å². The number of nitrogens with zero attached hydrogens (tertiary/aromatic N) is 4. The third-order valence-electron chi connectivity index (χ3n) is 3.95. The Labute approximate surface area is 164 Å². The quantitative estimate of drug-likeness (QED) is 0.544. The molecule has 0 radical (unpaired) electrons. The van der Waals surface area contributed by atoms with Crippen LogP contribution in [-0.4, -0.2) is 31.6 Å². The van der Waals surface area contributed by atoms with Crippen molar-refractivity contribution in [2.24, 2.45) is 0 Å². The molecule has 0 saturated heterocycles. The highest BCUT2D eigenvalue weighted by atomic mass is 32.1. The van der Waals surface area contributed by atoms with Crippen molar-refractivity contribution in [3.63, 3.8) is 0 Å². The minimum absolute atomic E-state index is 0.172. The Morgan fingerprint density at radius 1 is 1.11 bits per heavy atom. The van der Waals surface area contributed by atoms with Crippen LogP contribution in [0.5, 0.6) is 0 Å². The summed E-state index contributed by atoms with van der Waals surface area (Å²) >= 11 is 1.60. The lowest BCUT2D eigenvalue weighted by Gasteiger charge is -2.07. The molecule has 0 bridgehead atoms. The van der Waals surface area contributed by atoms with Crippen LogP contribution >= 0.6 is 11.3 Å². The Balaban J connectivity index is 1.52. The number of carbonyl (C=O) groups excluding carboxylic acids is 2. The van der Waals surface area contributed by atoms with Gasteiger partial charge in [-0.05, 0) is 41.8 Å². The van der Waals surface area contributed by atoms with Crippen molar-refractivity contribution >= 4 is 34.5 Å². The number of benzene rings is 1. The Bertz CT molecular complexity index is 1150. The molecule has 28 heavy (non-hydrogen) atoms. The number of rotatable bonds is 5. The first-order valence-electron chi connectivity index (χ1n) is 8.51. The van der Waals surface area contributed by atoms with Crippen LogP contribution in [0.3, 0.4) is 0 Å². The zero-order valence-electron chi connectivity index (χ0n) is 14.9. The molecule has 3 aromatic heterocycles. The number of hydrogen-bond donors (Lipinski definition) is 2. The van der Waals surface area contributed by atoms with Crippen LogP contribution in [0.4, 0.5) is 5.69 Å². The Morgan fingerprint density at radius 2 is 2.00 bits per heavy atom. The van der Waals surface area contributed by atoms with E-state index in [0.29, 0.717) is 22.7 Å². The zero-order chi connectivity index (χ0) is 19.5. The normalized spacial score (nSPS) is 10.8. The minimum Gasteiger partial charge on any atom is -0.345 e. The van der Waals surface area contributed by atoms with Gasteiger partial charge in [0, 0.05) is 18.2 Å². The van der Waals surface area contributed by atoms with E-state index in [1.165, 1.54) is 6.92 Å². The van der Waals surface area contributed by atoms with Crippen molar-refractivity contribution < 1.29 is 9.59 Å². The predicted molar refractivity (Wildman–Crippen MR) is 106 cm³/mol. The number of carbonyl (C=O) groups is 2. The van der Waals surface area contributed by atoms with Crippen LogP contribution in [0.1, 0.15) is 23.1 Å². The maximum Gasteiger partial charge on any atom is 0.251 e. The highest BCUT2D eigenvalue weighted by Crippen LogP contribution is 2.22. The van der Waals surface area contributed by atoms with Crippen LogP contribution in [0, 0.1) is 0 Å². The molecule has 0 atom stereocenters. The first kappa shape index (κ1) is 17.8. The Kier molecular flexibility index (Phi) is 4.81. The van der Waals surface area contributed by atoms with E-state index in [1.54, 1.807) is 40.1 Å². The first-order chi connectivity index (χ1) is 13.6. The van der Waals surface area contributed by atoms with Gasteiger partial charge in [-0.25, -0.2) is 0 Å². The van der Waals surface area contributed by atoms with Crippen LogP contribution in [0.2, 0.25) is 0 Å². The number of thiophene rings is 1. The second-order valence-corrected chi connectivity index (χ2v) is 6.97. The molecular formula is C19H16N6O2S. The van der Waals surface area contributed by atoms with Crippen LogP contribution < -0.4 is 10.6 Å². The van der Waals surface area contributed by atoms with Crippen molar-refractivity contribution in [2.45, 2.75) is 13.5 Å². The zero-order valence-corrected chi connectivity index (χ0v) is 15.7. The van der Waals surface area contributed by atoms with Crippen molar-refractivity contribution in [2.75, 3.05) is 5.32 Å². The molecule has 0 saturated carbocycles. The van der Waals surface area contributed by atoms with E-state index in [0.717, 1.165) is 10.6 Å². The lowest BCUT2D eigenvalue weighted by molar-refractivity contribution is -0.114. The summed E-state index contributed by atoms with van der Waals surface area (Å²) in [5, 5.41) is 20.3. The SMILES string of the molecule is CC(=O)Nc1cccc(C(=O)NCc2nnc3ccc(-c4cccs4)nn23)c1. The predicted octanol–water partition coefficient (Wildman–Crippen LogP) is 2.74. The summed E-state index contributed by atoms with van der Waals surface area (Å²) in [4.78, 5) is 24.7. The summed E-state index contributed by atoms with van der Waals surface area (Å²) in [6, 6.07) is 14.4. The number of anilines is 1. The summed E-state index contributed by atoms with van der Waals surface area (Å²) in [6.45, 7) is 1.59. The molecular weight excluding hydrogens is 376 g/mol. The first-order valence-corrected chi connectivity index (χ1v) is 9.39. The van der Waals surface area contributed by atoms with Crippen molar-refractivity contribution in [1.82, 2.24) is 25.1 Å². The van der Waals surface area contributed by atoms with Crippen molar-refractivity contribution in [1.29, 1.82) is 0 Å². The average Bonchev–Trinajstić information content (AvgIpc) is 3.35. The fourth-order valence-electron chi connectivity index (χ4n) is 2.70. The van der Waals surface area contributed by atoms with E-state index < -0.39 is 0 Å². The summed E-state index contributed by atoms with van der Waals surface area (Å²) in [6.07, 6.45) is 0. The Morgan fingerprint density at radius 3 is 2.79 bits per heavy atom. The maximum atomic E-state index is 12.5. The van der Waals surface area contributed by atoms with Gasteiger partial charge in [-0.15, -0.1) is 21.5 Å². The molecule has 1 aromatic carbocycles. The molecule has 2 N–H and O–H groups in total. The topological polar surface area (TPSA) is 101 Å². The average molecular weight is 392 g/mol. The van der Waals surface area contributed by atoms with Gasteiger partial charge in [-0.3, -0.25) is 9.59 Å². The molecule has 0 aliphatic rings. The molecule has 0 aliphatic heterocycles. The van der Waals surface area contributed by atoms with E-state index in [1.807, 2.05) is 29.6 Å². The second kappa shape index (κ2) is 7.57. The smallest absolute Gasteiger partial charge is 0.251 e. The van der Waals surface area contributed by atoms with E-state index in [2.05, 4.69) is 25.9 Å². The monoisotopic (exact) mass is 392 g/mol. The summed E-state index contributed by atoms with van der Waals surface area (Å²) in [5.41, 5.74) is 2.43. The largest absolute Gasteiger partial charge is 0.345 e. The number of amides is 2. The fourth-order valence-corrected chi connectivity index (χ4v) is 3.39. The summed E-state index contributed by atoms with van der Waals surface area (Å²) in [5.74, 6) is 0.0539. The molecule has 4 aromatic rings. The molecule has 140 valence electrons. The third kappa shape index (κ3) is 3.74. The van der Waals surface area contributed by atoms with Gasteiger partial charge in [-0.2, -0.15) is 9.61 Å². The number of nitrogens with one attached hydrogen (secondary N) is 2. The third-order valence-corrected chi connectivity index (χ3v) is 4.85. The van der Waals surface area contributed by atoms with Gasteiger partial charge in [0.1, 0.15) is 5.69 Å². The summed E-state index contributed by atoms with van der Waals surface area (Å²) < 4.78 is 1.63. The van der Waals surface area contributed by atoms with Gasteiger partial charge in [0.2, 0.25) is 5.91 Å². The fraction of sp³-hybridized carbons (Fsp3) is 0.105. The van der Waals surface area contributed by atoms with Gasteiger partial charge < -0.3 is 10.6 Å². The van der Waals surface area contributed by atoms with Crippen molar-refractivity contribution in [3.05, 3.63) is 65.3 Å². The molecule has 9 heteroatoms. The maximum absolute atomic E-state index is 12.5. The van der Waals surface area contributed by atoms with E-state index >= 15 is 0 Å². The standard InChI is InChI=1S/C19H16N6O2S/c1-12(26)21-14-5-2-4-13(10-14)19(27)20-11-18-23-22-17-8-7-15(24-25(17)18)16-6-3-9-28-16/h2-10H,11H2,1H3,(H,20,27)(H,21,26). The van der Waals surface area contributed by atoms with Crippen LogP contribution in [0.15, 0.2) is 53.9 Å². The number of aromatic nitrogens is 4. The second-order valence-electron chi connectivity index (χ2n) is 6.03. The van der Waals surface area contributed by atoms with E-state index in [-0.39, 0.29) is 18.4 Å². The lowest BCUT2D eigenvalue weighted by Crippen LogP contribution is -2.24. The molecule has 2 amide bonds. The molecule has 0 unspecified atom stereocenters. The van der Waals surface area contributed by atoms with Gasteiger partial charge in [0.25, 0.3) is 5.91 Å². The van der Waals surface area contributed by atoms with E-state index in [4.69, 9.17) is 0 Å². The number of hydrogen-bond acceptors (Lipinski definition) is 6. The highest BCUT2D eigenvalue weighted by Gasteiger charge is 2.12. The van der Waals surface area contributed by atoms with Gasteiger partial charge in [-0.1, -0.05) is 12.1 Å². The molecule has 4 rings (SSSR count). The molecule has 0 fully saturated rings. The Hall–Kier alpha value is -3.59. The number of fused-ring (bicyclic) bond motifs is 1. The highest BCUT2D eigenvalue weighted by molar-refractivity contribution is 7.13. The van der Waals surface area contributed by atoms with Crippen LogP contribution in [0.25, 0.3) is 16.2 Å². The van der Waals surface area contributed by atoms with Crippen molar-refractivity contribution in [3.8, 4) is 10.6 Å². The molecule has 0 spiro atoms. The molecule has 8 nitrogen and oxygen atoms in total. The van der Waals surface area contributed by atoms with Gasteiger partial charge >= 0.3 is 0 Å². The summed E-state index contributed by atoms with van der Waals surface area (Å²) in [7, 11) is 0. The molecule has 0 aliphatic carbocycles. The van der Waals surface area contributed by atoms with Gasteiger partial charge in [0.05, 0.1) is 11.4 Å².